The van der Waals surface area contributed by atoms with E-state index in [1.807, 2.05) is 44.2 Å². The highest BCUT2D eigenvalue weighted by molar-refractivity contribution is 9.10. The Morgan fingerprint density at radius 3 is 2.59 bits per heavy atom. The molecule has 0 fully saturated rings. The molecule has 3 aromatic carbocycles. The molecule has 9 nitrogen and oxygen atoms in total. The molecule has 200 valence electrons. The first kappa shape index (κ1) is 27.0. The summed E-state index contributed by atoms with van der Waals surface area (Å²) in [5.74, 6) is 1.01. The number of nitrogens with zero attached hydrogens (tertiary/aromatic N) is 4. The lowest BCUT2D eigenvalue weighted by Gasteiger charge is -2.28. The van der Waals surface area contributed by atoms with Gasteiger partial charge in [-0.25, -0.2) is 0 Å². The lowest BCUT2D eigenvalue weighted by molar-refractivity contribution is -0.113. The van der Waals surface area contributed by atoms with Gasteiger partial charge in [0.1, 0.15) is 12.6 Å². The van der Waals surface area contributed by atoms with E-state index in [1.165, 1.54) is 7.11 Å². The van der Waals surface area contributed by atoms with E-state index in [0.717, 1.165) is 5.56 Å². The van der Waals surface area contributed by atoms with E-state index in [9.17, 15) is 4.79 Å². The fourth-order valence-electron chi connectivity index (χ4n) is 4.39. The lowest BCUT2D eigenvalue weighted by atomic mass is 9.94. The maximum absolute atomic E-state index is 13.7. The van der Waals surface area contributed by atoms with Gasteiger partial charge in [0.15, 0.2) is 11.5 Å². The Balaban J connectivity index is 1.52. The van der Waals surface area contributed by atoms with E-state index in [2.05, 4.69) is 42.1 Å². The number of tetrazole rings is 1. The molecule has 0 saturated carbocycles. The third-order valence-electron chi connectivity index (χ3n) is 6.22. The third-order valence-corrected chi connectivity index (χ3v) is 7.52. The van der Waals surface area contributed by atoms with Gasteiger partial charge < -0.3 is 20.1 Å². The predicted molar refractivity (Wildman–Crippen MR) is 154 cm³/mol. The van der Waals surface area contributed by atoms with Gasteiger partial charge in [-0.2, -0.15) is 4.68 Å². The van der Waals surface area contributed by atoms with Crippen molar-refractivity contribution < 1.29 is 14.3 Å². The summed E-state index contributed by atoms with van der Waals surface area (Å²) in [6, 6.07) is 15.9. The number of methoxy groups -OCH3 is 1. The van der Waals surface area contributed by atoms with Crippen molar-refractivity contribution in [1.29, 1.82) is 0 Å². The smallest absolute Gasteiger partial charge is 0.255 e. The van der Waals surface area contributed by atoms with Gasteiger partial charge in [0.2, 0.25) is 5.95 Å². The molecule has 0 radical (unpaired) electrons. The Morgan fingerprint density at radius 1 is 1.13 bits per heavy atom. The number of aryl methyl sites for hydroxylation is 1. The Hall–Kier alpha value is -3.60. The van der Waals surface area contributed by atoms with E-state index >= 15 is 0 Å². The van der Waals surface area contributed by atoms with Gasteiger partial charge in [-0.1, -0.05) is 46.5 Å². The number of rotatable bonds is 7. The number of carbonyl (C=O) groups excluding carboxylic acids is 1. The average Bonchev–Trinajstić information content (AvgIpc) is 3.36. The van der Waals surface area contributed by atoms with Gasteiger partial charge in [0.05, 0.1) is 17.2 Å². The molecule has 1 atom stereocenters. The third kappa shape index (κ3) is 5.45. The van der Waals surface area contributed by atoms with Crippen LogP contribution in [0.25, 0.3) is 0 Å². The molecular weight excluding hydrogens is 607 g/mol. The molecule has 39 heavy (non-hydrogen) atoms. The number of hydrogen-bond donors (Lipinski definition) is 2. The number of anilines is 2. The number of allylic oxidation sites excluding steroid dienone is 1. The minimum atomic E-state index is -0.654. The standard InChI is InChI=1S/C27H23BrCl2N6O3/c1-14-6-4-7-17(10-14)32-26(37)23-15(2)31-27-33-34-35-36(27)24(23)16-11-19(28)25(22(12-16)38-3)39-13-18-20(29)8-5-9-21(18)30/h4-12,24H,13H2,1-3H3,(H,32,37)(H,31,33,35). The molecule has 0 bridgehead atoms. The summed E-state index contributed by atoms with van der Waals surface area (Å²) in [5.41, 5.74) is 4.14. The lowest BCUT2D eigenvalue weighted by Crippen LogP contribution is -2.31. The maximum Gasteiger partial charge on any atom is 0.255 e. The highest BCUT2D eigenvalue weighted by atomic mass is 79.9. The first-order valence-electron chi connectivity index (χ1n) is 11.8. The van der Waals surface area contributed by atoms with Crippen molar-refractivity contribution in [2.45, 2.75) is 26.5 Å². The second-order valence-corrected chi connectivity index (χ2v) is 10.5. The van der Waals surface area contributed by atoms with Crippen molar-refractivity contribution in [3.8, 4) is 11.5 Å². The normalized spacial score (nSPS) is 14.5. The zero-order valence-corrected chi connectivity index (χ0v) is 24.2. The predicted octanol–water partition coefficient (Wildman–Crippen LogP) is 6.57. The Bertz CT molecular complexity index is 1590. The van der Waals surface area contributed by atoms with Crippen molar-refractivity contribution in [2.75, 3.05) is 17.7 Å². The number of benzene rings is 3. The molecule has 0 spiro atoms. The molecule has 2 heterocycles. The fraction of sp³-hybridized carbons (Fsp3) is 0.185. The molecule has 0 aliphatic carbocycles. The molecule has 2 N–H and O–H groups in total. The van der Waals surface area contributed by atoms with Crippen molar-refractivity contribution in [1.82, 2.24) is 20.2 Å². The van der Waals surface area contributed by atoms with Crippen molar-refractivity contribution in [3.63, 3.8) is 0 Å². The molecule has 1 aliphatic heterocycles. The molecule has 4 aromatic rings. The van der Waals surface area contributed by atoms with Crippen LogP contribution in [0.1, 0.15) is 29.7 Å². The highest BCUT2D eigenvalue weighted by Gasteiger charge is 2.35. The van der Waals surface area contributed by atoms with Crippen LogP contribution in [0, 0.1) is 6.92 Å². The van der Waals surface area contributed by atoms with E-state index in [4.69, 9.17) is 32.7 Å². The largest absolute Gasteiger partial charge is 0.493 e. The molecule has 1 unspecified atom stereocenters. The summed E-state index contributed by atoms with van der Waals surface area (Å²) in [6.45, 7) is 3.90. The number of ether oxygens (including phenoxy) is 2. The van der Waals surface area contributed by atoms with Crippen molar-refractivity contribution in [3.05, 3.63) is 97.1 Å². The minimum Gasteiger partial charge on any atom is -0.493 e. The van der Waals surface area contributed by atoms with Gasteiger partial charge in [0.25, 0.3) is 5.91 Å². The van der Waals surface area contributed by atoms with Gasteiger partial charge in [-0.15, -0.1) is 0 Å². The molecule has 1 aliphatic rings. The van der Waals surface area contributed by atoms with Crippen molar-refractivity contribution in [2.24, 2.45) is 0 Å². The van der Waals surface area contributed by atoms with Crippen LogP contribution >= 0.6 is 39.1 Å². The fourth-order valence-corrected chi connectivity index (χ4v) is 5.47. The number of hydrogen-bond acceptors (Lipinski definition) is 7. The van der Waals surface area contributed by atoms with Crippen LogP contribution < -0.4 is 20.1 Å². The summed E-state index contributed by atoms with van der Waals surface area (Å²) >= 11 is 16.3. The first-order valence-corrected chi connectivity index (χ1v) is 13.4. The zero-order valence-electron chi connectivity index (χ0n) is 21.1. The number of nitrogens with one attached hydrogen (secondary N) is 2. The van der Waals surface area contributed by atoms with Crippen LogP contribution in [0.15, 0.2) is 70.3 Å². The van der Waals surface area contributed by atoms with Crippen LogP contribution in [-0.2, 0) is 11.4 Å². The number of fused-ring (bicyclic) bond motifs is 1. The number of carbonyl (C=O) groups is 1. The summed E-state index contributed by atoms with van der Waals surface area (Å²) in [5, 5.41) is 19.2. The molecule has 0 saturated heterocycles. The average molecular weight is 630 g/mol. The van der Waals surface area contributed by atoms with E-state index in [0.29, 0.717) is 60.0 Å². The van der Waals surface area contributed by atoms with Gasteiger partial charge >= 0.3 is 0 Å². The molecule has 12 heteroatoms. The van der Waals surface area contributed by atoms with Gasteiger partial charge in [-0.05, 0) is 87.7 Å². The quantitative estimate of drug-likeness (QED) is 0.238. The number of aromatic nitrogens is 4. The second kappa shape index (κ2) is 11.3. The van der Waals surface area contributed by atoms with Crippen LogP contribution in [0.4, 0.5) is 11.6 Å². The summed E-state index contributed by atoms with van der Waals surface area (Å²) in [6.07, 6.45) is 0. The van der Waals surface area contributed by atoms with E-state index in [-0.39, 0.29) is 12.5 Å². The van der Waals surface area contributed by atoms with Gasteiger partial charge in [-0.3, -0.25) is 4.79 Å². The maximum atomic E-state index is 13.7. The number of amides is 1. The Morgan fingerprint density at radius 2 is 1.87 bits per heavy atom. The SMILES string of the molecule is COc1cc(C2C(C(=O)Nc3cccc(C)c3)=C(C)Nc3nnnn32)cc(Br)c1OCc1c(Cl)cccc1Cl. The molecule has 1 amide bonds. The molecular formula is C27H23BrCl2N6O3. The molecule has 5 rings (SSSR count). The van der Waals surface area contributed by atoms with E-state index < -0.39 is 6.04 Å². The monoisotopic (exact) mass is 628 g/mol. The number of halogens is 3. The second-order valence-electron chi connectivity index (χ2n) is 8.86. The topological polar surface area (TPSA) is 103 Å². The van der Waals surface area contributed by atoms with E-state index in [1.54, 1.807) is 28.9 Å². The zero-order chi connectivity index (χ0) is 27.7. The molecule has 1 aromatic heterocycles. The van der Waals surface area contributed by atoms with Crippen LogP contribution in [0.2, 0.25) is 10.0 Å². The minimum absolute atomic E-state index is 0.125. The van der Waals surface area contributed by atoms with Crippen LogP contribution in [-0.4, -0.2) is 33.2 Å². The summed E-state index contributed by atoms with van der Waals surface area (Å²) < 4.78 is 14.0. The van der Waals surface area contributed by atoms with Crippen LogP contribution in [0.5, 0.6) is 11.5 Å². The first-order chi connectivity index (χ1) is 18.8. The van der Waals surface area contributed by atoms with Crippen molar-refractivity contribution >= 4 is 56.7 Å². The summed E-state index contributed by atoms with van der Waals surface area (Å²) in [7, 11) is 1.54. The van der Waals surface area contributed by atoms with Gasteiger partial charge in [0, 0.05) is 27.0 Å². The Kier molecular flexibility index (Phi) is 7.79. The van der Waals surface area contributed by atoms with Crippen LogP contribution in [0.3, 0.4) is 0 Å². The Labute approximate surface area is 243 Å². The highest BCUT2D eigenvalue weighted by Crippen LogP contribution is 2.43. The summed E-state index contributed by atoms with van der Waals surface area (Å²) in [4.78, 5) is 13.7.